The molecule has 0 saturated heterocycles. The number of nitro groups is 1. The van der Waals surface area contributed by atoms with Gasteiger partial charge in [0.15, 0.2) is 0 Å². The third-order valence-corrected chi connectivity index (χ3v) is 6.25. The van der Waals surface area contributed by atoms with E-state index in [-0.39, 0.29) is 23.7 Å². The molecule has 0 heterocycles. The van der Waals surface area contributed by atoms with E-state index in [0.29, 0.717) is 30.2 Å². The second-order valence-corrected chi connectivity index (χ2v) is 8.41. The first-order valence-electron chi connectivity index (χ1n) is 8.97. The van der Waals surface area contributed by atoms with Gasteiger partial charge in [0.2, 0.25) is 0 Å². The minimum atomic E-state index is -0.595. The number of ether oxygens (including phenoxy) is 1. The third-order valence-electron chi connectivity index (χ3n) is 6.25. The highest BCUT2D eigenvalue weighted by Crippen LogP contribution is 2.62. The summed E-state index contributed by atoms with van der Waals surface area (Å²) >= 11 is 0. The van der Waals surface area contributed by atoms with Gasteiger partial charge in [0, 0.05) is 6.07 Å². The van der Waals surface area contributed by atoms with Crippen LogP contribution in [0.1, 0.15) is 50.5 Å². The number of aliphatic hydroxyl groups is 1. The van der Waals surface area contributed by atoms with E-state index in [2.05, 4.69) is 0 Å². The van der Waals surface area contributed by atoms with Gasteiger partial charge in [-0.2, -0.15) is 0 Å². The van der Waals surface area contributed by atoms with Crippen molar-refractivity contribution in [2.45, 2.75) is 57.2 Å². The van der Waals surface area contributed by atoms with E-state index in [1.807, 2.05) is 0 Å². The molecule has 5 rings (SSSR count). The number of benzene rings is 1. The molecule has 6 heteroatoms. The van der Waals surface area contributed by atoms with Gasteiger partial charge in [0.05, 0.1) is 22.5 Å². The molecule has 1 N–H and O–H groups in total. The fraction of sp³-hybridized carbons (Fsp3) is 0.632. The van der Waals surface area contributed by atoms with E-state index in [4.69, 9.17) is 4.74 Å². The van der Waals surface area contributed by atoms with Crippen LogP contribution in [0.4, 0.5) is 5.69 Å². The molecular weight excluding hydrogens is 322 g/mol. The molecule has 0 aliphatic heterocycles. The van der Waals surface area contributed by atoms with Gasteiger partial charge in [-0.25, -0.2) is 0 Å². The first kappa shape index (κ1) is 16.5. The Bertz CT molecular complexity index is 702. The molecule has 0 aromatic heterocycles. The van der Waals surface area contributed by atoms with Gasteiger partial charge in [-0.3, -0.25) is 14.9 Å². The van der Waals surface area contributed by atoms with Crippen molar-refractivity contribution < 1.29 is 19.6 Å². The minimum Gasteiger partial charge on any atom is -0.461 e. The summed E-state index contributed by atoms with van der Waals surface area (Å²) < 4.78 is 5.37. The van der Waals surface area contributed by atoms with Gasteiger partial charge in [-0.05, 0) is 61.8 Å². The largest absolute Gasteiger partial charge is 0.461 e. The lowest BCUT2D eigenvalue weighted by Crippen LogP contribution is -2.56. The molecule has 2 unspecified atom stereocenters. The van der Waals surface area contributed by atoms with Crippen LogP contribution in [-0.4, -0.2) is 21.6 Å². The molecule has 1 aromatic carbocycles. The lowest BCUT2D eigenvalue weighted by Gasteiger charge is -2.60. The van der Waals surface area contributed by atoms with E-state index in [1.165, 1.54) is 12.5 Å². The monoisotopic (exact) mass is 345 g/mol. The standard InChI is InChI=1S/C19H23NO5/c21-17(25-11-15-3-1-2-4-16(15)20(23)24)10-18-6-13-5-14(7-18)9-19(22,8-13)12-18/h1-4,13-14,22H,5-12H2. The third kappa shape index (κ3) is 3.15. The van der Waals surface area contributed by atoms with Crippen LogP contribution in [0.3, 0.4) is 0 Å². The molecule has 0 amide bonds. The highest BCUT2D eigenvalue weighted by atomic mass is 16.6. The summed E-state index contributed by atoms with van der Waals surface area (Å²) in [6, 6.07) is 6.32. The maximum Gasteiger partial charge on any atom is 0.306 e. The first-order valence-corrected chi connectivity index (χ1v) is 8.97. The number of carbonyl (C=O) groups is 1. The topological polar surface area (TPSA) is 89.7 Å². The second kappa shape index (κ2) is 5.80. The van der Waals surface area contributed by atoms with Crippen LogP contribution < -0.4 is 0 Å². The van der Waals surface area contributed by atoms with Crippen molar-refractivity contribution in [2.24, 2.45) is 17.3 Å². The zero-order valence-corrected chi connectivity index (χ0v) is 14.1. The molecule has 0 spiro atoms. The Morgan fingerprint density at radius 2 is 1.92 bits per heavy atom. The van der Waals surface area contributed by atoms with Gasteiger partial charge in [0.25, 0.3) is 5.69 Å². The van der Waals surface area contributed by atoms with Crippen LogP contribution in [-0.2, 0) is 16.1 Å². The molecular formula is C19H23NO5. The summed E-state index contributed by atoms with van der Waals surface area (Å²) in [7, 11) is 0. The number of hydrogen-bond donors (Lipinski definition) is 1. The van der Waals surface area contributed by atoms with Crippen molar-refractivity contribution in [3.05, 3.63) is 39.9 Å². The predicted octanol–water partition coefficient (Wildman–Crippen LogP) is 3.36. The number of nitro benzene ring substituents is 1. The summed E-state index contributed by atoms with van der Waals surface area (Å²) in [6.07, 6.45) is 5.90. The molecule has 4 fully saturated rings. The van der Waals surface area contributed by atoms with Crippen LogP contribution in [0, 0.1) is 27.4 Å². The molecule has 0 radical (unpaired) electrons. The zero-order valence-electron chi connectivity index (χ0n) is 14.1. The molecule has 4 aliphatic carbocycles. The molecule has 1 aromatic rings. The van der Waals surface area contributed by atoms with Crippen molar-refractivity contribution in [1.29, 1.82) is 0 Å². The maximum absolute atomic E-state index is 12.4. The Morgan fingerprint density at radius 3 is 2.56 bits per heavy atom. The number of nitrogens with zero attached hydrogens (tertiary/aromatic N) is 1. The van der Waals surface area contributed by atoms with Crippen LogP contribution in [0.2, 0.25) is 0 Å². The Kier molecular flexibility index (Phi) is 3.83. The van der Waals surface area contributed by atoms with Gasteiger partial charge < -0.3 is 9.84 Å². The van der Waals surface area contributed by atoms with E-state index < -0.39 is 10.5 Å². The Hall–Kier alpha value is -1.95. The SMILES string of the molecule is O=C(CC12CC3CC(CC(O)(C3)C1)C2)OCc1ccccc1[N+](=O)[O-]. The van der Waals surface area contributed by atoms with Crippen LogP contribution in [0.25, 0.3) is 0 Å². The molecule has 25 heavy (non-hydrogen) atoms. The Labute approximate surface area is 146 Å². The summed E-state index contributed by atoms with van der Waals surface area (Å²) in [5.74, 6) is 0.729. The maximum atomic E-state index is 12.4. The minimum absolute atomic E-state index is 0.0283. The highest BCUT2D eigenvalue weighted by molar-refractivity contribution is 5.70. The molecule has 2 atom stereocenters. The Morgan fingerprint density at radius 1 is 1.24 bits per heavy atom. The lowest BCUT2D eigenvalue weighted by molar-refractivity contribution is -0.385. The van der Waals surface area contributed by atoms with Crippen LogP contribution >= 0.6 is 0 Å². The van der Waals surface area contributed by atoms with Crippen molar-refractivity contribution >= 4 is 11.7 Å². The number of hydrogen-bond acceptors (Lipinski definition) is 5. The first-order chi connectivity index (χ1) is 11.9. The van der Waals surface area contributed by atoms with Crippen molar-refractivity contribution in [3.8, 4) is 0 Å². The van der Waals surface area contributed by atoms with Crippen LogP contribution in [0.15, 0.2) is 24.3 Å². The fourth-order valence-corrected chi connectivity index (χ4v) is 5.94. The average Bonchev–Trinajstić information content (AvgIpc) is 2.50. The molecule has 134 valence electrons. The molecule has 4 aliphatic rings. The van der Waals surface area contributed by atoms with E-state index in [9.17, 15) is 20.0 Å². The second-order valence-electron chi connectivity index (χ2n) is 8.41. The summed E-state index contributed by atoms with van der Waals surface area (Å²) in [6.45, 7) is -0.0802. The van der Waals surface area contributed by atoms with E-state index >= 15 is 0 Å². The normalized spacial score (nSPS) is 35.6. The van der Waals surface area contributed by atoms with Crippen molar-refractivity contribution in [3.63, 3.8) is 0 Å². The van der Waals surface area contributed by atoms with Gasteiger partial charge in [0.1, 0.15) is 6.61 Å². The zero-order chi connectivity index (χ0) is 17.7. The summed E-state index contributed by atoms with van der Waals surface area (Å²) in [5, 5.41) is 21.8. The summed E-state index contributed by atoms with van der Waals surface area (Å²) in [5.41, 5.74) is -0.356. The van der Waals surface area contributed by atoms with E-state index in [0.717, 1.165) is 25.7 Å². The molecule has 6 nitrogen and oxygen atoms in total. The predicted molar refractivity (Wildman–Crippen MR) is 89.6 cm³/mol. The quantitative estimate of drug-likeness (QED) is 0.502. The lowest BCUT2D eigenvalue weighted by atomic mass is 9.47. The van der Waals surface area contributed by atoms with Crippen molar-refractivity contribution in [2.75, 3.05) is 0 Å². The van der Waals surface area contributed by atoms with Gasteiger partial charge >= 0.3 is 5.97 Å². The van der Waals surface area contributed by atoms with Crippen LogP contribution in [0.5, 0.6) is 0 Å². The number of rotatable bonds is 5. The molecule has 4 saturated carbocycles. The number of esters is 1. The Balaban J connectivity index is 1.41. The highest BCUT2D eigenvalue weighted by Gasteiger charge is 2.57. The summed E-state index contributed by atoms with van der Waals surface area (Å²) in [4.78, 5) is 23.0. The van der Waals surface area contributed by atoms with E-state index in [1.54, 1.807) is 18.2 Å². The number of para-hydroxylation sites is 1. The van der Waals surface area contributed by atoms with Gasteiger partial charge in [-0.1, -0.05) is 12.1 Å². The molecule has 4 bridgehead atoms. The van der Waals surface area contributed by atoms with Crippen molar-refractivity contribution in [1.82, 2.24) is 0 Å². The fourth-order valence-electron chi connectivity index (χ4n) is 5.94. The average molecular weight is 345 g/mol. The smallest absolute Gasteiger partial charge is 0.306 e. The number of carbonyl (C=O) groups excluding carboxylic acids is 1. The van der Waals surface area contributed by atoms with Gasteiger partial charge in [-0.15, -0.1) is 0 Å².